The van der Waals surface area contributed by atoms with Gasteiger partial charge in [-0.3, -0.25) is 0 Å². The molecule has 15 heavy (non-hydrogen) atoms. The summed E-state index contributed by atoms with van der Waals surface area (Å²) >= 11 is 4.43. The Morgan fingerprint density at radius 1 is 1.20 bits per heavy atom. The Morgan fingerprint density at radius 2 is 2.00 bits per heavy atom. The molecular formula is C13H12OS. The van der Waals surface area contributed by atoms with Crippen molar-refractivity contribution in [2.24, 2.45) is 0 Å². The van der Waals surface area contributed by atoms with Crippen LogP contribution in [0.4, 0.5) is 0 Å². The monoisotopic (exact) mass is 216 g/mol. The number of phenolic OH excluding ortho intramolecular Hbond substituents is 1. The van der Waals surface area contributed by atoms with Crippen LogP contribution in [0, 0.1) is 0 Å². The van der Waals surface area contributed by atoms with E-state index in [2.05, 4.69) is 12.6 Å². The van der Waals surface area contributed by atoms with E-state index in [9.17, 15) is 5.11 Å². The molecule has 0 aromatic heterocycles. The standard InChI is InChI=1S/C13H12OS/c14-12-7-3-1-5-10(12)9-11-6-2-4-8-13(11)15/h1-9,13-15H. The van der Waals surface area contributed by atoms with Crippen LogP contribution in [-0.4, -0.2) is 10.4 Å². The molecule has 0 saturated heterocycles. The number of para-hydroxylation sites is 1. The molecular weight excluding hydrogens is 204 g/mol. The van der Waals surface area contributed by atoms with Gasteiger partial charge in [-0.2, -0.15) is 12.6 Å². The maximum Gasteiger partial charge on any atom is 0.122 e. The van der Waals surface area contributed by atoms with E-state index in [1.54, 1.807) is 6.07 Å². The Morgan fingerprint density at radius 3 is 2.73 bits per heavy atom. The topological polar surface area (TPSA) is 20.2 Å². The van der Waals surface area contributed by atoms with E-state index in [1.807, 2.05) is 48.6 Å². The van der Waals surface area contributed by atoms with Gasteiger partial charge in [-0.15, -0.1) is 0 Å². The summed E-state index contributed by atoms with van der Waals surface area (Å²) in [6.07, 6.45) is 9.91. The fraction of sp³-hybridized carbons (Fsp3) is 0.0769. The van der Waals surface area contributed by atoms with Crippen molar-refractivity contribution in [1.29, 1.82) is 0 Å². The maximum absolute atomic E-state index is 9.62. The zero-order chi connectivity index (χ0) is 10.7. The highest BCUT2D eigenvalue weighted by molar-refractivity contribution is 7.81. The second-order valence-electron chi connectivity index (χ2n) is 3.39. The van der Waals surface area contributed by atoms with Gasteiger partial charge in [0, 0.05) is 10.8 Å². The van der Waals surface area contributed by atoms with Crippen LogP contribution in [0.1, 0.15) is 5.56 Å². The van der Waals surface area contributed by atoms with Gasteiger partial charge in [0.05, 0.1) is 0 Å². The van der Waals surface area contributed by atoms with Gasteiger partial charge in [0.1, 0.15) is 5.75 Å². The molecule has 2 heteroatoms. The van der Waals surface area contributed by atoms with Gasteiger partial charge in [-0.1, -0.05) is 42.5 Å². The normalized spacial score (nSPS) is 22.2. The molecule has 0 radical (unpaired) electrons. The summed E-state index contributed by atoms with van der Waals surface area (Å²) in [6.45, 7) is 0. The van der Waals surface area contributed by atoms with Gasteiger partial charge in [-0.05, 0) is 17.7 Å². The lowest BCUT2D eigenvalue weighted by Gasteiger charge is -2.10. The molecule has 0 saturated carbocycles. The lowest BCUT2D eigenvalue weighted by Crippen LogP contribution is -1.99. The van der Waals surface area contributed by atoms with Crippen molar-refractivity contribution in [1.82, 2.24) is 0 Å². The van der Waals surface area contributed by atoms with Crippen molar-refractivity contribution >= 4 is 18.7 Å². The summed E-state index contributed by atoms with van der Waals surface area (Å²) in [5, 5.41) is 9.72. The molecule has 1 N–H and O–H groups in total. The van der Waals surface area contributed by atoms with Crippen molar-refractivity contribution in [3.05, 3.63) is 59.7 Å². The van der Waals surface area contributed by atoms with Crippen LogP contribution in [0.5, 0.6) is 5.75 Å². The zero-order valence-electron chi connectivity index (χ0n) is 8.17. The fourth-order valence-corrected chi connectivity index (χ4v) is 1.73. The molecule has 1 atom stereocenters. The molecule has 0 fully saturated rings. The summed E-state index contributed by atoms with van der Waals surface area (Å²) < 4.78 is 0. The number of allylic oxidation sites excluding steroid dienone is 3. The molecule has 1 aliphatic carbocycles. The number of hydrogen-bond acceptors (Lipinski definition) is 2. The summed E-state index contributed by atoms with van der Waals surface area (Å²) in [5.41, 5.74) is 1.91. The van der Waals surface area contributed by atoms with Crippen molar-refractivity contribution in [2.75, 3.05) is 0 Å². The molecule has 0 aliphatic heterocycles. The Labute approximate surface area is 94.9 Å². The minimum absolute atomic E-state index is 0.106. The predicted octanol–water partition coefficient (Wildman–Crippen LogP) is 3.20. The van der Waals surface area contributed by atoms with Gasteiger partial charge in [-0.25, -0.2) is 0 Å². The first-order valence-electron chi connectivity index (χ1n) is 4.80. The third kappa shape index (κ3) is 2.34. The summed E-state index contributed by atoms with van der Waals surface area (Å²) in [6, 6.07) is 7.28. The van der Waals surface area contributed by atoms with E-state index >= 15 is 0 Å². The third-order valence-electron chi connectivity index (χ3n) is 2.29. The average molecular weight is 216 g/mol. The molecule has 1 aromatic rings. The summed E-state index contributed by atoms with van der Waals surface area (Å²) in [7, 11) is 0. The molecule has 0 heterocycles. The molecule has 1 aliphatic rings. The summed E-state index contributed by atoms with van der Waals surface area (Å²) in [5.74, 6) is 0.300. The zero-order valence-corrected chi connectivity index (χ0v) is 9.06. The third-order valence-corrected chi connectivity index (χ3v) is 2.76. The molecule has 0 spiro atoms. The van der Waals surface area contributed by atoms with Crippen molar-refractivity contribution in [3.8, 4) is 5.75 Å². The van der Waals surface area contributed by atoms with E-state index in [1.165, 1.54) is 0 Å². The van der Waals surface area contributed by atoms with E-state index in [0.717, 1.165) is 11.1 Å². The second-order valence-corrected chi connectivity index (χ2v) is 3.95. The van der Waals surface area contributed by atoms with Gasteiger partial charge >= 0.3 is 0 Å². The highest BCUT2D eigenvalue weighted by Gasteiger charge is 2.06. The van der Waals surface area contributed by atoms with E-state index in [4.69, 9.17) is 0 Å². The van der Waals surface area contributed by atoms with Crippen LogP contribution < -0.4 is 0 Å². The summed E-state index contributed by atoms with van der Waals surface area (Å²) in [4.78, 5) is 0. The Kier molecular flexibility index (Phi) is 2.97. The van der Waals surface area contributed by atoms with E-state index < -0.39 is 0 Å². The quantitative estimate of drug-likeness (QED) is 0.691. The average Bonchev–Trinajstić information content (AvgIpc) is 2.24. The predicted molar refractivity (Wildman–Crippen MR) is 67.1 cm³/mol. The van der Waals surface area contributed by atoms with Crippen molar-refractivity contribution < 1.29 is 5.11 Å². The fourth-order valence-electron chi connectivity index (χ4n) is 1.47. The van der Waals surface area contributed by atoms with Crippen LogP contribution in [0.25, 0.3) is 6.08 Å². The molecule has 0 bridgehead atoms. The first-order valence-corrected chi connectivity index (χ1v) is 5.31. The van der Waals surface area contributed by atoms with Crippen LogP contribution in [-0.2, 0) is 0 Å². The minimum atomic E-state index is 0.106. The van der Waals surface area contributed by atoms with Gasteiger partial charge < -0.3 is 5.11 Å². The second kappa shape index (κ2) is 4.41. The lowest BCUT2D eigenvalue weighted by atomic mass is 10.0. The number of rotatable bonds is 1. The van der Waals surface area contributed by atoms with Crippen molar-refractivity contribution in [3.63, 3.8) is 0 Å². The highest BCUT2D eigenvalue weighted by atomic mass is 32.1. The Balaban J connectivity index is 2.34. The van der Waals surface area contributed by atoms with Crippen molar-refractivity contribution in [2.45, 2.75) is 5.25 Å². The highest BCUT2D eigenvalue weighted by Crippen LogP contribution is 2.24. The number of benzene rings is 1. The Bertz CT molecular complexity index is 444. The molecule has 1 unspecified atom stereocenters. The largest absolute Gasteiger partial charge is 0.507 e. The van der Waals surface area contributed by atoms with Crippen LogP contribution in [0.2, 0.25) is 0 Å². The number of thiol groups is 1. The molecule has 2 rings (SSSR count). The van der Waals surface area contributed by atoms with Gasteiger partial charge in [0.2, 0.25) is 0 Å². The van der Waals surface area contributed by atoms with Crippen LogP contribution >= 0.6 is 12.6 Å². The first kappa shape index (κ1) is 10.1. The van der Waals surface area contributed by atoms with Crippen LogP contribution in [0.3, 0.4) is 0 Å². The van der Waals surface area contributed by atoms with Crippen LogP contribution in [0.15, 0.2) is 54.1 Å². The Hall–Kier alpha value is -1.41. The molecule has 76 valence electrons. The smallest absolute Gasteiger partial charge is 0.122 e. The number of aromatic hydroxyl groups is 1. The van der Waals surface area contributed by atoms with Gasteiger partial charge in [0.25, 0.3) is 0 Å². The minimum Gasteiger partial charge on any atom is -0.507 e. The maximum atomic E-state index is 9.62. The number of phenols is 1. The van der Waals surface area contributed by atoms with E-state index in [0.29, 0.717) is 5.75 Å². The molecule has 1 nitrogen and oxygen atoms in total. The van der Waals surface area contributed by atoms with E-state index in [-0.39, 0.29) is 5.25 Å². The SMILES string of the molecule is Oc1ccccc1C=C1C=CC=CC1S. The first-order chi connectivity index (χ1) is 7.27. The van der Waals surface area contributed by atoms with Gasteiger partial charge in [0.15, 0.2) is 0 Å². The molecule has 0 amide bonds. The molecule has 1 aromatic carbocycles. The lowest BCUT2D eigenvalue weighted by molar-refractivity contribution is 0.474. The number of hydrogen-bond donors (Lipinski definition) is 2.